The molecule has 0 saturated heterocycles. The number of halogens is 1. The summed E-state index contributed by atoms with van der Waals surface area (Å²) in [5.41, 5.74) is 2.58. The van der Waals surface area contributed by atoms with Crippen molar-refractivity contribution in [2.24, 2.45) is 0 Å². The van der Waals surface area contributed by atoms with Gasteiger partial charge in [-0.3, -0.25) is 4.79 Å². The zero-order valence-electron chi connectivity index (χ0n) is 15.8. The maximum absolute atomic E-state index is 13.3. The highest BCUT2D eigenvalue weighted by Gasteiger charge is 2.20. The normalized spacial score (nSPS) is 12.0. The quantitative estimate of drug-likeness (QED) is 0.644. The van der Waals surface area contributed by atoms with E-state index < -0.39 is 6.10 Å². The second-order valence-corrected chi connectivity index (χ2v) is 6.41. The fraction of sp³-hybridized carbons (Fsp3) is 0.286. The third-order valence-electron chi connectivity index (χ3n) is 4.40. The fourth-order valence-electron chi connectivity index (χ4n) is 2.81. The summed E-state index contributed by atoms with van der Waals surface area (Å²) < 4.78 is 24.4. The molecule has 0 aliphatic rings. The van der Waals surface area contributed by atoms with Gasteiger partial charge in [-0.05, 0) is 35.7 Å². The molecular weight excluding hydrogens is 361 g/mol. The first kappa shape index (κ1) is 19.7. The summed E-state index contributed by atoms with van der Waals surface area (Å²) >= 11 is 0. The average molecular weight is 383 g/mol. The Kier molecular flexibility index (Phi) is 6.49. The number of methoxy groups -OCH3 is 1. The Morgan fingerprint density at radius 1 is 1.21 bits per heavy atom. The lowest BCUT2D eigenvalue weighted by Gasteiger charge is -2.10. The van der Waals surface area contributed by atoms with Crippen LogP contribution in [0.15, 0.2) is 52.9 Å². The number of aryl methyl sites for hydroxylation is 2. The van der Waals surface area contributed by atoms with E-state index in [1.54, 1.807) is 13.2 Å². The molecule has 1 amide bonds. The van der Waals surface area contributed by atoms with Crippen molar-refractivity contribution < 1.29 is 18.3 Å². The molecule has 0 bridgehead atoms. The van der Waals surface area contributed by atoms with E-state index in [9.17, 15) is 9.18 Å². The molecule has 0 fully saturated rings. The van der Waals surface area contributed by atoms with E-state index in [1.807, 2.05) is 37.3 Å². The Morgan fingerprint density at radius 2 is 2.00 bits per heavy atom. The molecule has 0 spiro atoms. The lowest BCUT2D eigenvalue weighted by atomic mass is 10.1. The largest absolute Gasteiger partial charge is 0.422 e. The van der Waals surface area contributed by atoms with Gasteiger partial charge in [0.15, 0.2) is 6.10 Å². The summed E-state index contributed by atoms with van der Waals surface area (Å²) in [6.45, 7) is 2.15. The standard InChI is InChI=1S/C21H22FN3O3/c1-14-8-9-17(22)12-16(14)13-23-18(26)10-11-19-24-25-21(28-19)20(27-2)15-6-4-3-5-7-15/h3-9,12,20H,10-11,13H2,1-2H3,(H,23,26)/t20-/m0/s1. The van der Waals surface area contributed by atoms with Gasteiger partial charge in [0.2, 0.25) is 17.7 Å². The summed E-state index contributed by atoms with van der Waals surface area (Å²) in [5, 5.41) is 10.8. The van der Waals surface area contributed by atoms with Crippen molar-refractivity contribution in [3.63, 3.8) is 0 Å². The summed E-state index contributed by atoms with van der Waals surface area (Å²) in [6.07, 6.45) is 0.0535. The Balaban J connectivity index is 1.54. The van der Waals surface area contributed by atoms with E-state index in [1.165, 1.54) is 12.1 Å². The van der Waals surface area contributed by atoms with Crippen molar-refractivity contribution in [2.75, 3.05) is 7.11 Å². The topological polar surface area (TPSA) is 77.2 Å². The third-order valence-corrected chi connectivity index (χ3v) is 4.40. The van der Waals surface area contributed by atoms with Gasteiger partial charge in [-0.15, -0.1) is 10.2 Å². The minimum Gasteiger partial charge on any atom is -0.422 e. The Bertz CT molecular complexity index is 928. The first-order valence-electron chi connectivity index (χ1n) is 8.98. The number of aromatic nitrogens is 2. The zero-order valence-corrected chi connectivity index (χ0v) is 15.8. The van der Waals surface area contributed by atoms with Crippen molar-refractivity contribution in [2.45, 2.75) is 32.4 Å². The van der Waals surface area contributed by atoms with Crippen molar-refractivity contribution in [1.82, 2.24) is 15.5 Å². The average Bonchev–Trinajstić information content (AvgIpc) is 3.17. The minimum atomic E-state index is -0.452. The Labute approximate surface area is 162 Å². The Morgan fingerprint density at radius 3 is 2.75 bits per heavy atom. The van der Waals surface area contributed by atoms with Crippen molar-refractivity contribution >= 4 is 5.91 Å². The highest BCUT2D eigenvalue weighted by atomic mass is 19.1. The van der Waals surface area contributed by atoms with Crippen LogP contribution in [0.1, 0.15) is 41.0 Å². The number of nitrogens with zero attached hydrogens (tertiary/aromatic N) is 2. The SMILES string of the molecule is CO[C@@H](c1ccccc1)c1nnc(CCC(=O)NCc2cc(F)ccc2C)o1. The summed E-state index contributed by atoms with van der Waals surface area (Å²) in [7, 11) is 1.57. The molecule has 2 aromatic carbocycles. The number of amides is 1. The Hall–Kier alpha value is -3.06. The van der Waals surface area contributed by atoms with Gasteiger partial charge < -0.3 is 14.5 Å². The number of carbonyl (C=O) groups excluding carboxylic acids is 1. The molecule has 0 radical (unpaired) electrons. The lowest BCUT2D eigenvalue weighted by Crippen LogP contribution is -2.23. The molecule has 3 aromatic rings. The van der Waals surface area contributed by atoms with Crippen LogP contribution < -0.4 is 5.32 Å². The second-order valence-electron chi connectivity index (χ2n) is 6.41. The van der Waals surface area contributed by atoms with Crippen LogP contribution in [0.3, 0.4) is 0 Å². The highest BCUT2D eigenvalue weighted by Crippen LogP contribution is 2.24. The van der Waals surface area contributed by atoms with Crippen LogP contribution >= 0.6 is 0 Å². The van der Waals surface area contributed by atoms with Crippen LogP contribution in [-0.4, -0.2) is 23.2 Å². The number of nitrogens with one attached hydrogen (secondary N) is 1. The zero-order chi connectivity index (χ0) is 19.9. The third kappa shape index (κ3) is 5.01. The van der Waals surface area contributed by atoms with Gasteiger partial charge >= 0.3 is 0 Å². The number of hydrogen-bond acceptors (Lipinski definition) is 5. The fourth-order valence-corrected chi connectivity index (χ4v) is 2.81. The molecule has 1 N–H and O–H groups in total. The van der Waals surface area contributed by atoms with E-state index in [0.29, 0.717) is 18.2 Å². The number of ether oxygens (including phenoxy) is 1. The van der Waals surface area contributed by atoms with E-state index >= 15 is 0 Å². The van der Waals surface area contributed by atoms with E-state index in [4.69, 9.17) is 9.15 Å². The van der Waals surface area contributed by atoms with Crippen LogP contribution in [0.25, 0.3) is 0 Å². The molecule has 146 valence electrons. The van der Waals surface area contributed by atoms with Gasteiger partial charge in [-0.25, -0.2) is 4.39 Å². The van der Waals surface area contributed by atoms with Gasteiger partial charge in [0, 0.05) is 26.5 Å². The molecule has 1 atom stereocenters. The van der Waals surface area contributed by atoms with Crippen LogP contribution in [-0.2, 0) is 22.5 Å². The molecule has 0 unspecified atom stereocenters. The smallest absolute Gasteiger partial charge is 0.249 e. The number of rotatable bonds is 8. The second kappa shape index (κ2) is 9.23. The monoisotopic (exact) mass is 383 g/mol. The predicted octanol–water partition coefficient (Wildman–Crippen LogP) is 3.50. The number of benzene rings is 2. The molecule has 28 heavy (non-hydrogen) atoms. The summed E-state index contributed by atoms with van der Waals surface area (Å²) in [6, 6.07) is 14.1. The summed E-state index contributed by atoms with van der Waals surface area (Å²) in [4.78, 5) is 12.1. The maximum Gasteiger partial charge on any atom is 0.249 e. The lowest BCUT2D eigenvalue weighted by molar-refractivity contribution is -0.121. The van der Waals surface area contributed by atoms with E-state index in [0.717, 1.165) is 16.7 Å². The van der Waals surface area contributed by atoms with Gasteiger partial charge in [-0.1, -0.05) is 36.4 Å². The molecule has 6 nitrogen and oxygen atoms in total. The first-order chi connectivity index (χ1) is 13.6. The van der Waals surface area contributed by atoms with Crippen molar-refractivity contribution in [3.8, 4) is 0 Å². The number of hydrogen-bond donors (Lipinski definition) is 1. The van der Waals surface area contributed by atoms with Gasteiger partial charge in [0.05, 0.1) is 0 Å². The molecule has 3 rings (SSSR count). The van der Waals surface area contributed by atoms with E-state index in [2.05, 4.69) is 15.5 Å². The molecule has 1 heterocycles. The minimum absolute atomic E-state index is 0.172. The van der Waals surface area contributed by atoms with E-state index in [-0.39, 0.29) is 24.7 Å². The highest BCUT2D eigenvalue weighted by molar-refractivity contribution is 5.76. The molecular formula is C21H22FN3O3. The van der Waals surface area contributed by atoms with Crippen LogP contribution in [0.4, 0.5) is 4.39 Å². The molecule has 0 aliphatic heterocycles. The molecule has 0 saturated carbocycles. The van der Waals surface area contributed by atoms with Gasteiger partial charge in [0.25, 0.3) is 0 Å². The van der Waals surface area contributed by atoms with Crippen LogP contribution in [0, 0.1) is 12.7 Å². The molecule has 1 aromatic heterocycles. The van der Waals surface area contributed by atoms with Crippen LogP contribution in [0.5, 0.6) is 0 Å². The summed E-state index contributed by atoms with van der Waals surface area (Å²) in [5.74, 6) is 0.221. The molecule has 0 aliphatic carbocycles. The first-order valence-corrected chi connectivity index (χ1v) is 8.98. The van der Waals surface area contributed by atoms with Crippen molar-refractivity contribution in [3.05, 3.63) is 82.8 Å². The van der Waals surface area contributed by atoms with Crippen LogP contribution in [0.2, 0.25) is 0 Å². The van der Waals surface area contributed by atoms with Crippen molar-refractivity contribution in [1.29, 1.82) is 0 Å². The van der Waals surface area contributed by atoms with Gasteiger partial charge in [0.1, 0.15) is 5.82 Å². The molecule has 7 heteroatoms. The predicted molar refractivity (Wildman–Crippen MR) is 101 cm³/mol. The van der Waals surface area contributed by atoms with Gasteiger partial charge in [-0.2, -0.15) is 0 Å². The maximum atomic E-state index is 13.3. The number of carbonyl (C=O) groups is 1.